The Morgan fingerprint density at radius 2 is 2.29 bits per heavy atom. The highest BCUT2D eigenvalue weighted by Crippen LogP contribution is 2.43. The highest BCUT2D eigenvalue weighted by Gasteiger charge is 2.28. The average molecular weight is 326 g/mol. The number of hydrogen-bond donors (Lipinski definition) is 2. The van der Waals surface area contributed by atoms with Gasteiger partial charge in [0.15, 0.2) is 0 Å². The van der Waals surface area contributed by atoms with E-state index in [2.05, 4.69) is 5.32 Å². The third kappa shape index (κ3) is 2.39. The highest BCUT2D eigenvalue weighted by atomic mass is 35.5. The summed E-state index contributed by atoms with van der Waals surface area (Å²) in [4.78, 5) is 11.0. The van der Waals surface area contributed by atoms with Gasteiger partial charge in [0.25, 0.3) is 0 Å². The first-order valence-electron chi connectivity index (χ1n) is 6.53. The van der Waals surface area contributed by atoms with Crippen LogP contribution in [0.4, 0.5) is 5.69 Å². The number of aliphatic carboxylic acids is 1. The molecule has 2 heterocycles. The Kier molecular flexibility index (Phi) is 3.59. The minimum Gasteiger partial charge on any atom is -0.477 e. The maximum Gasteiger partial charge on any atom is 0.346 e. The van der Waals surface area contributed by atoms with Crippen LogP contribution in [0, 0.1) is 5.92 Å². The molecule has 1 aliphatic heterocycles. The summed E-state index contributed by atoms with van der Waals surface area (Å²) in [5, 5.41) is 13.6. The van der Waals surface area contributed by atoms with Gasteiger partial charge in [0.2, 0.25) is 0 Å². The van der Waals surface area contributed by atoms with Gasteiger partial charge in [0.05, 0.1) is 17.0 Å². The lowest BCUT2D eigenvalue weighted by molar-refractivity contribution is -0.131. The quantitative estimate of drug-likeness (QED) is 0.801. The Hall–Kier alpha value is -1.65. The van der Waals surface area contributed by atoms with Crippen LogP contribution in [0.1, 0.15) is 18.4 Å². The van der Waals surface area contributed by atoms with E-state index in [0.29, 0.717) is 11.6 Å². The second-order valence-electron chi connectivity index (χ2n) is 5.19. The SMILES string of the molecule is CC1CNc2c(Cl)ccc3occ(c23)C1C=C(Cl)C(=O)O. The highest BCUT2D eigenvalue weighted by molar-refractivity contribution is 6.41. The van der Waals surface area contributed by atoms with Crippen molar-refractivity contribution < 1.29 is 14.3 Å². The van der Waals surface area contributed by atoms with E-state index in [9.17, 15) is 4.79 Å². The molecule has 1 aromatic carbocycles. The molecule has 1 aliphatic rings. The Labute approximate surface area is 131 Å². The molecule has 2 unspecified atom stereocenters. The molecule has 0 saturated heterocycles. The van der Waals surface area contributed by atoms with Crippen LogP contribution in [0.25, 0.3) is 11.0 Å². The first-order valence-corrected chi connectivity index (χ1v) is 7.28. The van der Waals surface area contributed by atoms with E-state index >= 15 is 0 Å². The van der Waals surface area contributed by atoms with Gasteiger partial charge in [-0.25, -0.2) is 4.79 Å². The molecule has 0 radical (unpaired) electrons. The lowest BCUT2D eigenvalue weighted by Crippen LogP contribution is -2.16. The van der Waals surface area contributed by atoms with Crippen molar-refractivity contribution in [2.75, 3.05) is 11.9 Å². The lowest BCUT2D eigenvalue weighted by Gasteiger charge is -2.18. The summed E-state index contributed by atoms with van der Waals surface area (Å²) in [7, 11) is 0. The van der Waals surface area contributed by atoms with Crippen LogP contribution < -0.4 is 5.32 Å². The fraction of sp³-hybridized carbons (Fsp3) is 0.267. The fourth-order valence-electron chi connectivity index (χ4n) is 2.73. The zero-order chi connectivity index (χ0) is 15.1. The zero-order valence-electron chi connectivity index (χ0n) is 11.2. The van der Waals surface area contributed by atoms with Crippen molar-refractivity contribution in [3.63, 3.8) is 0 Å². The summed E-state index contributed by atoms with van der Waals surface area (Å²) in [5.41, 5.74) is 2.45. The van der Waals surface area contributed by atoms with Gasteiger partial charge in [0, 0.05) is 23.4 Å². The van der Waals surface area contributed by atoms with E-state index in [4.69, 9.17) is 32.7 Å². The van der Waals surface area contributed by atoms with Crippen LogP contribution in [0.2, 0.25) is 5.02 Å². The number of hydrogen-bond acceptors (Lipinski definition) is 3. The number of carboxylic acid groups (broad SMARTS) is 1. The minimum absolute atomic E-state index is 0.141. The normalized spacial score (nSPS) is 22.0. The maximum atomic E-state index is 11.0. The Bertz CT molecular complexity index is 751. The van der Waals surface area contributed by atoms with Crippen molar-refractivity contribution in [2.24, 2.45) is 5.92 Å². The number of rotatable bonds is 2. The molecular formula is C15H13Cl2NO3. The summed E-state index contributed by atoms with van der Waals surface area (Å²) in [6.07, 6.45) is 3.22. The van der Waals surface area contributed by atoms with Gasteiger partial charge >= 0.3 is 5.97 Å². The van der Waals surface area contributed by atoms with Gasteiger partial charge in [0.1, 0.15) is 10.6 Å². The molecule has 4 nitrogen and oxygen atoms in total. The van der Waals surface area contributed by atoms with Crippen molar-refractivity contribution in [1.82, 2.24) is 0 Å². The van der Waals surface area contributed by atoms with Gasteiger partial charge in [-0.3, -0.25) is 0 Å². The molecule has 110 valence electrons. The summed E-state index contributed by atoms with van der Waals surface area (Å²) in [5.74, 6) is -1.14. The average Bonchev–Trinajstić information content (AvgIpc) is 2.80. The molecule has 0 bridgehead atoms. The molecule has 21 heavy (non-hydrogen) atoms. The number of allylic oxidation sites excluding steroid dienone is 1. The summed E-state index contributed by atoms with van der Waals surface area (Å²) < 4.78 is 5.57. The molecule has 0 aliphatic carbocycles. The molecule has 0 spiro atoms. The Balaban J connectivity index is 2.22. The Morgan fingerprint density at radius 1 is 1.52 bits per heavy atom. The largest absolute Gasteiger partial charge is 0.477 e. The summed E-state index contributed by atoms with van der Waals surface area (Å²) in [6.45, 7) is 2.69. The molecule has 0 fully saturated rings. The zero-order valence-corrected chi connectivity index (χ0v) is 12.7. The van der Waals surface area contributed by atoms with Gasteiger partial charge in [-0.2, -0.15) is 0 Å². The van der Waals surface area contributed by atoms with E-state index in [1.165, 1.54) is 0 Å². The van der Waals surface area contributed by atoms with Crippen molar-refractivity contribution >= 4 is 45.8 Å². The number of halogens is 2. The van der Waals surface area contributed by atoms with E-state index in [1.807, 2.05) is 13.0 Å². The van der Waals surface area contributed by atoms with Crippen LogP contribution in [0.15, 0.2) is 33.9 Å². The van der Waals surface area contributed by atoms with Crippen LogP contribution >= 0.6 is 23.2 Å². The van der Waals surface area contributed by atoms with Gasteiger partial charge in [-0.15, -0.1) is 0 Å². The first kappa shape index (κ1) is 14.3. The molecular weight excluding hydrogens is 313 g/mol. The van der Waals surface area contributed by atoms with Crippen molar-refractivity contribution in [2.45, 2.75) is 12.8 Å². The second-order valence-corrected chi connectivity index (χ2v) is 6.00. The van der Waals surface area contributed by atoms with Gasteiger partial charge in [-0.1, -0.05) is 36.2 Å². The number of furan rings is 1. The van der Waals surface area contributed by atoms with E-state index in [1.54, 1.807) is 18.4 Å². The van der Waals surface area contributed by atoms with Crippen LogP contribution in [-0.2, 0) is 4.79 Å². The van der Waals surface area contributed by atoms with Crippen LogP contribution in [-0.4, -0.2) is 17.6 Å². The van der Waals surface area contributed by atoms with Crippen molar-refractivity contribution in [3.05, 3.63) is 40.1 Å². The van der Waals surface area contributed by atoms with Crippen molar-refractivity contribution in [3.8, 4) is 0 Å². The molecule has 2 aromatic rings. The first-order chi connectivity index (χ1) is 9.99. The van der Waals surface area contributed by atoms with E-state index in [-0.39, 0.29) is 16.9 Å². The third-order valence-corrected chi connectivity index (χ3v) is 4.42. The maximum absolute atomic E-state index is 11.0. The van der Waals surface area contributed by atoms with E-state index in [0.717, 1.165) is 22.2 Å². The number of nitrogens with one attached hydrogen (secondary N) is 1. The fourth-order valence-corrected chi connectivity index (χ4v) is 3.09. The predicted octanol–water partition coefficient (Wildman–Crippen LogP) is 4.44. The van der Waals surface area contributed by atoms with E-state index < -0.39 is 5.97 Å². The predicted molar refractivity (Wildman–Crippen MR) is 83.2 cm³/mol. The number of carbonyl (C=O) groups is 1. The smallest absolute Gasteiger partial charge is 0.346 e. The standard InChI is InChI=1S/C15H13Cl2NO3/c1-7-5-18-14-10(16)2-3-12-13(14)9(6-21-12)8(7)4-11(17)15(19)20/h2-4,6-8,18H,5H2,1H3,(H,19,20). The van der Waals surface area contributed by atoms with Gasteiger partial charge in [-0.05, 0) is 18.1 Å². The molecule has 0 saturated carbocycles. The molecule has 0 amide bonds. The van der Waals surface area contributed by atoms with Gasteiger partial charge < -0.3 is 14.8 Å². The molecule has 2 atom stereocenters. The Morgan fingerprint density at radius 3 is 3.00 bits per heavy atom. The second kappa shape index (κ2) is 5.28. The van der Waals surface area contributed by atoms with Crippen LogP contribution in [0.3, 0.4) is 0 Å². The summed E-state index contributed by atoms with van der Waals surface area (Å²) in [6, 6.07) is 3.59. The summed E-state index contributed by atoms with van der Waals surface area (Å²) >= 11 is 12.1. The minimum atomic E-state index is -1.13. The monoisotopic (exact) mass is 325 g/mol. The lowest BCUT2D eigenvalue weighted by atomic mass is 9.87. The molecule has 6 heteroatoms. The van der Waals surface area contributed by atoms with Crippen LogP contribution in [0.5, 0.6) is 0 Å². The molecule has 3 rings (SSSR count). The topological polar surface area (TPSA) is 62.5 Å². The molecule has 1 aromatic heterocycles. The number of anilines is 1. The molecule has 2 N–H and O–H groups in total. The number of benzene rings is 1. The third-order valence-electron chi connectivity index (χ3n) is 3.82. The van der Waals surface area contributed by atoms with Crippen molar-refractivity contribution in [1.29, 1.82) is 0 Å². The number of carboxylic acids is 1.